The maximum absolute atomic E-state index is 12.6. The van der Waals surface area contributed by atoms with Crippen molar-refractivity contribution in [1.82, 2.24) is 9.88 Å². The number of hydrogen-bond acceptors (Lipinski definition) is 4. The van der Waals surface area contributed by atoms with Crippen LogP contribution in [0.15, 0.2) is 64.8 Å². The van der Waals surface area contributed by atoms with E-state index in [0.717, 1.165) is 33.9 Å². The number of aromatic nitrogens is 1. The maximum Gasteiger partial charge on any atom is 0.307 e. The summed E-state index contributed by atoms with van der Waals surface area (Å²) in [5, 5.41) is 4.91. The Labute approximate surface area is 162 Å². The predicted molar refractivity (Wildman–Crippen MR) is 107 cm³/mol. The van der Waals surface area contributed by atoms with Crippen LogP contribution in [0.5, 0.6) is 5.75 Å². The van der Waals surface area contributed by atoms with Gasteiger partial charge in [0.1, 0.15) is 5.75 Å². The van der Waals surface area contributed by atoms with Crippen LogP contribution in [0.3, 0.4) is 0 Å². The van der Waals surface area contributed by atoms with Crippen LogP contribution in [0, 0.1) is 6.92 Å². The lowest BCUT2D eigenvalue weighted by Crippen LogP contribution is -2.30. The summed E-state index contributed by atoms with van der Waals surface area (Å²) < 4.78 is 6.85. The number of carbonyl (C=O) groups is 1. The summed E-state index contributed by atoms with van der Waals surface area (Å²) in [6.07, 6.45) is 0.247. The zero-order chi connectivity index (χ0) is 19.2. The third-order valence-electron chi connectivity index (χ3n) is 4.43. The van der Waals surface area contributed by atoms with Gasteiger partial charge in [0.2, 0.25) is 5.91 Å². The minimum Gasteiger partial charge on any atom is -0.497 e. The molecule has 140 valence electrons. The first kappa shape index (κ1) is 18.9. The Hall–Kier alpha value is -2.86. The van der Waals surface area contributed by atoms with Crippen LogP contribution in [0.1, 0.15) is 29.3 Å². The summed E-state index contributed by atoms with van der Waals surface area (Å²) in [4.78, 5) is 24.4. The molecular formula is C21H22N2O3S. The van der Waals surface area contributed by atoms with Gasteiger partial charge in [-0.1, -0.05) is 53.8 Å². The van der Waals surface area contributed by atoms with Crippen molar-refractivity contribution in [2.45, 2.75) is 25.9 Å². The van der Waals surface area contributed by atoms with Crippen LogP contribution < -0.4 is 14.9 Å². The van der Waals surface area contributed by atoms with Crippen molar-refractivity contribution in [3.63, 3.8) is 0 Å². The van der Waals surface area contributed by atoms with E-state index in [4.69, 9.17) is 4.74 Å². The first-order valence-corrected chi connectivity index (χ1v) is 9.59. The molecule has 0 radical (unpaired) electrons. The third kappa shape index (κ3) is 4.65. The van der Waals surface area contributed by atoms with Crippen molar-refractivity contribution in [1.29, 1.82) is 0 Å². The SMILES string of the molecule is COc1ccc(C(NC(=O)CCn2c(C)csc2=O)c2ccccc2)cc1. The summed E-state index contributed by atoms with van der Waals surface area (Å²) in [5.41, 5.74) is 2.85. The van der Waals surface area contributed by atoms with Crippen LogP contribution in [0.4, 0.5) is 0 Å². The highest BCUT2D eigenvalue weighted by molar-refractivity contribution is 7.07. The number of rotatable bonds is 7. The van der Waals surface area contributed by atoms with Crippen LogP contribution in [0.2, 0.25) is 0 Å². The number of aryl methyl sites for hydroxylation is 1. The van der Waals surface area contributed by atoms with Gasteiger partial charge in [-0.3, -0.25) is 9.59 Å². The summed E-state index contributed by atoms with van der Waals surface area (Å²) in [6.45, 7) is 2.25. The zero-order valence-electron chi connectivity index (χ0n) is 15.3. The first-order chi connectivity index (χ1) is 13.1. The second-order valence-electron chi connectivity index (χ2n) is 6.23. The molecule has 1 amide bonds. The molecule has 0 aliphatic carbocycles. The van der Waals surface area contributed by atoms with Crippen LogP contribution in [-0.4, -0.2) is 17.6 Å². The average molecular weight is 382 g/mol. The Morgan fingerprint density at radius 2 is 1.78 bits per heavy atom. The molecule has 0 bridgehead atoms. The highest BCUT2D eigenvalue weighted by atomic mass is 32.1. The summed E-state index contributed by atoms with van der Waals surface area (Å²) in [7, 11) is 1.62. The van der Waals surface area contributed by atoms with Gasteiger partial charge in [0, 0.05) is 24.0 Å². The number of nitrogens with one attached hydrogen (secondary N) is 1. The number of hydrogen-bond donors (Lipinski definition) is 1. The molecule has 0 spiro atoms. The number of ether oxygens (including phenoxy) is 1. The highest BCUT2D eigenvalue weighted by Gasteiger charge is 2.17. The van der Waals surface area contributed by atoms with Gasteiger partial charge < -0.3 is 14.6 Å². The summed E-state index contributed by atoms with van der Waals surface area (Å²) in [5.74, 6) is 0.668. The third-order valence-corrected chi connectivity index (χ3v) is 5.31. The van der Waals surface area contributed by atoms with E-state index in [1.165, 1.54) is 0 Å². The second-order valence-corrected chi connectivity index (χ2v) is 7.05. The van der Waals surface area contributed by atoms with E-state index in [9.17, 15) is 9.59 Å². The Morgan fingerprint density at radius 3 is 2.37 bits per heavy atom. The molecule has 0 saturated heterocycles. The lowest BCUT2D eigenvalue weighted by molar-refractivity contribution is -0.121. The molecule has 1 N–H and O–H groups in total. The predicted octanol–water partition coefficient (Wildman–Crippen LogP) is 3.52. The van der Waals surface area contributed by atoms with E-state index in [1.54, 1.807) is 11.7 Å². The van der Waals surface area contributed by atoms with Crippen molar-refractivity contribution in [3.05, 3.63) is 86.5 Å². The standard InChI is InChI=1S/C21H22N2O3S/c1-15-14-27-21(25)23(15)13-12-19(24)22-20(16-6-4-3-5-7-16)17-8-10-18(26-2)11-9-17/h3-11,14,20H,12-13H2,1-2H3,(H,22,24). The molecular weight excluding hydrogens is 360 g/mol. The van der Waals surface area contributed by atoms with Crippen LogP contribution in [-0.2, 0) is 11.3 Å². The normalized spacial score (nSPS) is 11.8. The molecule has 3 aromatic rings. The molecule has 1 unspecified atom stereocenters. The molecule has 6 heteroatoms. The number of benzene rings is 2. The van der Waals surface area contributed by atoms with Crippen molar-refractivity contribution in [2.75, 3.05) is 7.11 Å². The zero-order valence-corrected chi connectivity index (χ0v) is 16.2. The van der Waals surface area contributed by atoms with Gasteiger partial charge in [-0.15, -0.1) is 0 Å². The van der Waals surface area contributed by atoms with E-state index in [0.29, 0.717) is 6.54 Å². The number of thiazole rings is 1. The van der Waals surface area contributed by atoms with Gasteiger partial charge >= 0.3 is 4.87 Å². The summed E-state index contributed by atoms with van der Waals surface area (Å²) in [6, 6.07) is 17.2. The molecule has 5 nitrogen and oxygen atoms in total. The Balaban J connectivity index is 1.76. The fourth-order valence-corrected chi connectivity index (χ4v) is 3.68. The summed E-state index contributed by atoms with van der Waals surface area (Å²) >= 11 is 1.16. The van der Waals surface area contributed by atoms with Gasteiger partial charge in [-0.05, 0) is 30.2 Å². The highest BCUT2D eigenvalue weighted by Crippen LogP contribution is 2.24. The molecule has 1 aromatic heterocycles. The van der Waals surface area contributed by atoms with Crippen molar-refractivity contribution in [2.24, 2.45) is 0 Å². The Kier molecular flexibility index (Phi) is 6.08. The Bertz CT molecular complexity index is 946. The topological polar surface area (TPSA) is 60.3 Å². The van der Waals surface area contributed by atoms with Crippen molar-refractivity contribution >= 4 is 17.2 Å². The lowest BCUT2D eigenvalue weighted by Gasteiger charge is -2.20. The fraction of sp³-hybridized carbons (Fsp3) is 0.238. The second kappa shape index (κ2) is 8.68. The number of nitrogens with zero attached hydrogens (tertiary/aromatic N) is 1. The molecule has 0 aliphatic heterocycles. The minimum absolute atomic E-state index is 0.0323. The maximum atomic E-state index is 12.6. The molecule has 1 heterocycles. The van der Waals surface area contributed by atoms with E-state index in [2.05, 4.69) is 5.32 Å². The molecule has 2 aromatic carbocycles. The van der Waals surface area contributed by atoms with E-state index < -0.39 is 0 Å². The average Bonchev–Trinajstić information content (AvgIpc) is 3.03. The monoisotopic (exact) mass is 382 g/mol. The lowest BCUT2D eigenvalue weighted by atomic mass is 9.98. The number of amides is 1. The van der Waals surface area contributed by atoms with Gasteiger partial charge in [-0.25, -0.2) is 0 Å². The molecule has 1 atom stereocenters. The van der Waals surface area contributed by atoms with E-state index >= 15 is 0 Å². The number of methoxy groups -OCH3 is 1. The van der Waals surface area contributed by atoms with E-state index in [-0.39, 0.29) is 23.2 Å². The molecule has 27 heavy (non-hydrogen) atoms. The fourth-order valence-electron chi connectivity index (χ4n) is 2.92. The van der Waals surface area contributed by atoms with E-state index in [1.807, 2.05) is 66.9 Å². The largest absolute Gasteiger partial charge is 0.497 e. The van der Waals surface area contributed by atoms with Gasteiger partial charge in [-0.2, -0.15) is 0 Å². The van der Waals surface area contributed by atoms with Gasteiger partial charge in [0.15, 0.2) is 0 Å². The smallest absolute Gasteiger partial charge is 0.307 e. The van der Waals surface area contributed by atoms with Crippen molar-refractivity contribution < 1.29 is 9.53 Å². The Morgan fingerprint density at radius 1 is 1.11 bits per heavy atom. The van der Waals surface area contributed by atoms with Crippen LogP contribution >= 0.6 is 11.3 Å². The van der Waals surface area contributed by atoms with Gasteiger partial charge in [0.05, 0.1) is 13.2 Å². The molecule has 0 aliphatic rings. The molecule has 3 rings (SSSR count). The quantitative estimate of drug-likeness (QED) is 0.680. The number of carbonyl (C=O) groups excluding carboxylic acids is 1. The molecule has 0 saturated carbocycles. The van der Waals surface area contributed by atoms with Crippen LogP contribution in [0.25, 0.3) is 0 Å². The minimum atomic E-state index is -0.259. The van der Waals surface area contributed by atoms with Crippen molar-refractivity contribution in [3.8, 4) is 5.75 Å². The van der Waals surface area contributed by atoms with Gasteiger partial charge in [0.25, 0.3) is 0 Å². The molecule has 0 fully saturated rings. The first-order valence-electron chi connectivity index (χ1n) is 8.71.